The van der Waals surface area contributed by atoms with E-state index in [0.717, 1.165) is 29.7 Å². The highest BCUT2D eigenvalue weighted by atomic mass is 32.2. The monoisotopic (exact) mass is 450 g/mol. The molecule has 0 amide bonds. The molecule has 0 radical (unpaired) electrons. The second kappa shape index (κ2) is 12.5. The van der Waals surface area contributed by atoms with Crippen LogP contribution in [-0.2, 0) is 13.3 Å². The van der Waals surface area contributed by atoms with Gasteiger partial charge in [-0.15, -0.1) is 34.7 Å². The number of hydrogen-bond acceptors (Lipinski definition) is 8. The highest BCUT2D eigenvalue weighted by molar-refractivity contribution is 8.03. The number of thioether (sulfide) groups is 1. The molecule has 0 aromatic carbocycles. The molecule has 1 aliphatic heterocycles. The SMILES string of the molecule is CC(C)O[Si](CCCCSC1=CC(S)=NN(N(C)C)N1)(OC(C)C)OC(C)C. The minimum absolute atomic E-state index is 0.0836. The molecular weight excluding hydrogens is 412 g/mol. The van der Waals surface area contributed by atoms with Crippen LogP contribution in [0.3, 0.4) is 0 Å². The summed E-state index contributed by atoms with van der Waals surface area (Å²) in [4.78, 5) is 0. The van der Waals surface area contributed by atoms with Crippen molar-refractivity contribution in [3.63, 3.8) is 0 Å². The van der Waals surface area contributed by atoms with Gasteiger partial charge in [0.25, 0.3) is 0 Å². The maximum absolute atomic E-state index is 6.24. The van der Waals surface area contributed by atoms with Crippen LogP contribution in [0.4, 0.5) is 0 Å². The zero-order valence-corrected chi connectivity index (χ0v) is 21.3. The first-order valence-corrected chi connectivity index (χ1v) is 13.3. The minimum Gasteiger partial charge on any atom is -0.371 e. The molecule has 1 rings (SSSR count). The molecule has 28 heavy (non-hydrogen) atoms. The molecule has 164 valence electrons. The van der Waals surface area contributed by atoms with Gasteiger partial charge in [0.15, 0.2) is 0 Å². The standard InChI is InChI=1S/C18H38N4O3S2Si/c1-14(2)23-28(24-15(3)4,25-16(5)6)12-10-9-11-27-18-13-17(26)19-22(20-18)21(7)8/h13-16,20H,9-12H2,1-8H3,(H,19,26). The fourth-order valence-corrected chi connectivity index (χ4v) is 7.19. The molecule has 10 heteroatoms. The maximum Gasteiger partial charge on any atom is 0.501 e. The Labute approximate surface area is 181 Å². The maximum atomic E-state index is 6.24. The van der Waals surface area contributed by atoms with Crippen molar-refractivity contribution in [2.45, 2.75) is 78.7 Å². The summed E-state index contributed by atoms with van der Waals surface area (Å²) in [7, 11) is 1.15. The number of nitrogens with zero attached hydrogens (tertiary/aromatic N) is 3. The zero-order chi connectivity index (χ0) is 21.3. The van der Waals surface area contributed by atoms with Crippen LogP contribution >= 0.6 is 24.4 Å². The first-order chi connectivity index (χ1) is 13.0. The van der Waals surface area contributed by atoms with Crippen LogP contribution in [0.1, 0.15) is 54.4 Å². The van der Waals surface area contributed by atoms with E-state index in [9.17, 15) is 0 Å². The van der Waals surface area contributed by atoms with Gasteiger partial charge in [0.1, 0.15) is 5.04 Å². The molecule has 1 N–H and O–H groups in total. The van der Waals surface area contributed by atoms with E-state index < -0.39 is 8.80 Å². The Morgan fingerprint density at radius 3 is 2.07 bits per heavy atom. The molecule has 0 spiro atoms. The van der Waals surface area contributed by atoms with Crippen molar-refractivity contribution in [3.05, 3.63) is 11.1 Å². The van der Waals surface area contributed by atoms with Crippen LogP contribution in [0, 0.1) is 0 Å². The van der Waals surface area contributed by atoms with E-state index in [4.69, 9.17) is 13.3 Å². The fourth-order valence-electron chi connectivity index (χ4n) is 2.63. The van der Waals surface area contributed by atoms with Gasteiger partial charge < -0.3 is 13.3 Å². The number of thiol groups is 1. The Bertz CT molecular complexity index is 504. The molecule has 0 saturated heterocycles. The van der Waals surface area contributed by atoms with Gasteiger partial charge in [-0.05, 0) is 60.1 Å². The molecule has 1 heterocycles. The van der Waals surface area contributed by atoms with E-state index in [0.29, 0.717) is 5.04 Å². The van der Waals surface area contributed by atoms with Crippen molar-refractivity contribution >= 4 is 38.2 Å². The molecule has 0 aromatic rings. The van der Waals surface area contributed by atoms with Crippen molar-refractivity contribution in [3.8, 4) is 0 Å². The van der Waals surface area contributed by atoms with E-state index >= 15 is 0 Å². The number of unbranched alkanes of at least 4 members (excludes halogenated alkanes) is 1. The summed E-state index contributed by atoms with van der Waals surface area (Å²) in [6.07, 6.45) is 4.24. The van der Waals surface area contributed by atoms with Crippen molar-refractivity contribution in [1.82, 2.24) is 15.7 Å². The lowest BCUT2D eigenvalue weighted by Crippen LogP contribution is -2.50. The highest BCUT2D eigenvalue weighted by Crippen LogP contribution is 2.26. The van der Waals surface area contributed by atoms with Crippen LogP contribution in [0.15, 0.2) is 16.2 Å². The number of rotatable bonds is 13. The van der Waals surface area contributed by atoms with E-state index in [1.165, 1.54) is 0 Å². The summed E-state index contributed by atoms with van der Waals surface area (Å²) in [6, 6.07) is 0.831. The third-order valence-corrected chi connectivity index (χ3v) is 8.12. The van der Waals surface area contributed by atoms with Crippen LogP contribution in [-0.4, -0.2) is 62.2 Å². The molecule has 0 unspecified atom stereocenters. The van der Waals surface area contributed by atoms with Crippen LogP contribution in [0.2, 0.25) is 6.04 Å². The molecular formula is C18H38N4O3S2Si. The summed E-state index contributed by atoms with van der Waals surface area (Å²) >= 11 is 6.14. The van der Waals surface area contributed by atoms with Gasteiger partial charge >= 0.3 is 8.80 Å². The molecule has 0 bridgehead atoms. The van der Waals surface area contributed by atoms with E-state index in [1.54, 1.807) is 17.0 Å². The van der Waals surface area contributed by atoms with Gasteiger partial charge in [0.2, 0.25) is 0 Å². The van der Waals surface area contributed by atoms with Crippen LogP contribution in [0.5, 0.6) is 0 Å². The van der Waals surface area contributed by atoms with Gasteiger partial charge in [0, 0.05) is 44.5 Å². The molecule has 0 fully saturated rings. The summed E-state index contributed by atoms with van der Waals surface area (Å²) in [5.74, 6) is 0.983. The first kappa shape index (κ1) is 25.8. The lowest BCUT2D eigenvalue weighted by atomic mass is 10.4. The van der Waals surface area contributed by atoms with Crippen molar-refractivity contribution < 1.29 is 13.3 Å². The van der Waals surface area contributed by atoms with Crippen molar-refractivity contribution in [1.29, 1.82) is 0 Å². The minimum atomic E-state index is -2.70. The summed E-state index contributed by atoms with van der Waals surface area (Å²) < 4.78 is 18.7. The predicted octanol–water partition coefficient (Wildman–Crippen LogP) is 4.10. The summed E-state index contributed by atoms with van der Waals surface area (Å²) in [5.41, 5.74) is 3.25. The van der Waals surface area contributed by atoms with E-state index in [-0.39, 0.29) is 18.3 Å². The van der Waals surface area contributed by atoms with Crippen LogP contribution < -0.4 is 5.43 Å². The molecule has 0 aliphatic carbocycles. The summed E-state index contributed by atoms with van der Waals surface area (Å²) in [6.45, 7) is 12.2. The average molecular weight is 451 g/mol. The molecule has 0 atom stereocenters. The Morgan fingerprint density at radius 1 is 1.07 bits per heavy atom. The highest BCUT2D eigenvalue weighted by Gasteiger charge is 2.43. The topological polar surface area (TPSA) is 58.6 Å². The number of hydrazone groups is 1. The second-order valence-electron chi connectivity index (χ2n) is 7.70. The Morgan fingerprint density at radius 2 is 1.61 bits per heavy atom. The molecule has 7 nitrogen and oxygen atoms in total. The largest absolute Gasteiger partial charge is 0.501 e. The van der Waals surface area contributed by atoms with Crippen LogP contribution in [0.25, 0.3) is 0 Å². The fraction of sp³-hybridized carbons (Fsp3) is 0.833. The predicted molar refractivity (Wildman–Crippen MR) is 124 cm³/mol. The van der Waals surface area contributed by atoms with E-state index in [2.05, 4.69) is 23.2 Å². The van der Waals surface area contributed by atoms with Crippen molar-refractivity contribution in [2.24, 2.45) is 5.10 Å². The van der Waals surface area contributed by atoms with Gasteiger partial charge in [0.05, 0.1) is 5.03 Å². The Balaban J connectivity index is 2.56. The normalized spacial score (nSPS) is 15.5. The smallest absolute Gasteiger partial charge is 0.371 e. The van der Waals surface area contributed by atoms with Gasteiger partial charge in [-0.2, -0.15) is 5.01 Å². The lowest BCUT2D eigenvalue weighted by molar-refractivity contribution is -0.0118. The summed E-state index contributed by atoms with van der Waals surface area (Å²) in [5, 5.41) is 9.54. The second-order valence-corrected chi connectivity index (χ2v) is 11.9. The Hall–Kier alpha value is -0.233. The quantitative estimate of drug-likeness (QED) is 0.249. The molecule has 0 saturated carbocycles. The zero-order valence-electron chi connectivity index (χ0n) is 18.6. The average Bonchev–Trinajstić information content (AvgIpc) is 2.51. The van der Waals surface area contributed by atoms with Gasteiger partial charge in [-0.3, -0.25) is 5.43 Å². The van der Waals surface area contributed by atoms with Crippen molar-refractivity contribution in [2.75, 3.05) is 19.8 Å². The number of nitrogens with one attached hydrogen (secondary N) is 1. The lowest BCUT2D eigenvalue weighted by Gasteiger charge is -2.34. The number of hydrazine groups is 2. The number of hydrogen-bond donors (Lipinski definition) is 2. The first-order valence-electron chi connectivity index (χ1n) is 9.92. The van der Waals surface area contributed by atoms with E-state index in [1.807, 2.05) is 66.7 Å². The molecule has 1 aliphatic rings. The Kier molecular flexibility index (Phi) is 11.5. The third kappa shape index (κ3) is 9.99. The van der Waals surface area contributed by atoms with Gasteiger partial charge in [-0.1, -0.05) is 0 Å². The van der Waals surface area contributed by atoms with Gasteiger partial charge in [-0.25, -0.2) is 0 Å². The third-order valence-electron chi connectivity index (χ3n) is 3.43. The molecule has 0 aromatic heterocycles.